The minimum absolute atomic E-state index is 0.513. The fraction of sp³-hybridized carbons (Fsp3) is 0.111. The van der Waals surface area contributed by atoms with E-state index in [1.54, 1.807) is 0 Å². The van der Waals surface area contributed by atoms with Crippen LogP contribution in [0.4, 0.5) is 14.5 Å². The van der Waals surface area contributed by atoms with Gasteiger partial charge >= 0.3 is 11.7 Å². The van der Waals surface area contributed by atoms with E-state index in [9.17, 15) is 28.5 Å². The van der Waals surface area contributed by atoms with Crippen LogP contribution in [0.5, 0.6) is 5.75 Å². The molecule has 0 aliphatic heterocycles. The molecule has 1 N–H and O–H groups in total. The summed E-state index contributed by atoms with van der Waals surface area (Å²) in [6, 6.07) is 1.15. The molecule has 0 atom stereocenters. The van der Waals surface area contributed by atoms with Crippen molar-refractivity contribution in [2.45, 2.75) is 0 Å². The number of hydrogen-bond donors (Lipinski definition) is 1. The van der Waals surface area contributed by atoms with Crippen LogP contribution in [0.3, 0.4) is 0 Å². The van der Waals surface area contributed by atoms with Crippen molar-refractivity contribution in [1.29, 1.82) is 0 Å². The molecule has 0 aliphatic rings. The number of benzene rings is 1. The highest BCUT2D eigenvalue weighted by molar-refractivity contribution is 6.33. The van der Waals surface area contributed by atoms with Crippen LogP contribution in [0, 0.1) is 21.7 Å². The van der Waals surface area contributed by atoms with Gasteiger partial charge in [0, 0.05) is 6.07 Å². The molecule has 7 nitrogen and oxygen atoms in total. The second-order valence-electron chi connectivity index (χ2n) is 2.98. The van der Waals surface area contributed by atoms with Crippen LogP contribution in [-0.2, 0) is 9.59 Å². The Morgan fingerprint density at radius 3 is 2.50 bits per heavy atom. The Kier molecular flexibility index (Phi) is 3.87. The van der Waals surface area contributed by atoms with Gasteiger partial charge in [0.05, 0.1) is 4.92 Å². The lowest BCUT2D eigenvalue weighted by Crippen LogP contribution is -2.21. The summed E-state index contributed by atoms with van der Waals surface area (Å²) < 4.78 is 30.4. The van der Waals surface area contributed by atoms with Crippen molar-refractivity contribution < 1.29 is 33.1 Å². The summed E-state index contributed by atoms with van der Waals surface area (Å²) in [7, 11) is 0. The molecule has 9 heteroatoms. The number of carboxylic acid groups (broad SMARTS) is 1. The average molecular weight is 261 g/mol. The van der Waals surface area contributed by atoms with Crippen LogP contribution in [0.1, 0.15) is 0 Å². The number of Topliss-reactive ketones (excluding diaryl/α,β-unsaturated/α-hetero) is 1. The zero-order valence-electron chi connectivity index (χ0n) is 8.55. The SMILES string of the molecule is O=C(O)C(=O)COc1c([N+](=O)[O-])ccc(F)c1F. The van der Waals surface area contributed by atoms with Gasteiger partial charge in [0.25, 0.3) is 5.78 Å². The number of carbonyl (C=O) groups is 2. The first-order valence-electron chi connectivity index (χ1n) is 4.36. The summed E-state index contributed by atoms with van der Waals surface area (Å²) in [6.45, 7) is -1.14. The predicted molar refractivity (Wildman–Crippen MR) is 51.2 cm³/mol. The molecule has 0 saturated heterocycles. The van der Waals surface area contributed by atoms with Gasteiger partial charge in [-0.25, -0.2) is 9.18 Å². The number of carbonyl (C=O) groups excluding carboxylic acids is 1. The zero-order valence-corrected chi connectivity index (χ0v) is 8.55. The average Bonchev–Trinajstić information content (AvgIpc) is 2.29. The Morgan fingerprint density at radius 2 is 2.00 bits per heavy atom. The maximum Gasteiger partial charge on any atom is 0.375 e. The van der Waals surface area contributed by atoms with Crippen molar-refractivity contribution in [1.82, 2.24) is 0 Å². The number of aliphatic carboxylic acids is 1. The normalized spacial score (nSPS) is 9.89. The van der Waals surface area contributed by atoms with Crippen molar-refractivity contribution in [2.24, 2.45) is 0 Å². The standard InChI is InChI=1S/C9H5F2NO6/c10-4-1-2-5(12(16)17)8(7(4)11)18-3-6(13)9(14)15/h1-2H,3H2,(H,14,15). The fourth-order valence-corrected chi connectivity index (χ4v) is 1.00. The van der Waals surface area contributed by atoms with Crippen molar-refractivity contribution in [2.75, 3.05) is 6.61 Å². The second kappa shape index (κ2) is 5.17. The van der Waals surface area contributed by atoms with E-state index in [2.05, 4.69) is 4.74 Å². The van der Waals surface area contributed by atoms with Crippen molar-refractivity contribution in [3.05, 3.63) is 33.9 Å². The Balaban J connectivity index is 3.06. The van der Waals surface area contributed by atoms with Crippen molar-refractivity contribution >= 4 is 17.4 Å². The Labute approximate surface area is 97.7 Å². The number of halogens is 2. The molecule has 0 bridgehead atoms. The number of carboxylic acids is 1. The lowest BCUT2D eigenvalue weighted by molar-refractivity contribution is -0.386. The van der Waals surface area contributed by atoms with E-state index in [0.717, 1.165) is 0 Å². The number of nitro benzene ring substituents is 1. The number of hydrogen-bond acceptors (Lipinski definition) is 5. The van der Waals surface area contributed by atoms with Gasteiger partial charge in [-0.2, -0.15) is 4.39 Å². The number of ketones is 1. The van der Waals surface area contributed by atoms with Gasteiger partial charge in [0.2, 0.25) is 11.6 Å². The monoisotopic (exact) mass is 261 g/mol. The van der Waals surface area contributed by atoms with E-state index in [4.69, 9.17) is 5.11 Å². The molecule has 0 aromatic heterocycles. The number of rotatable bonds is 5. The first kappa shape index (κ1) is 13.5. The molecule has 0 heterocycles. The van der Waals surface area contributed by atoms with Gasteiger partial charge in [0.15, 0.2) is 12.4 Å². The van der Waals surface area contributed by atoms with E-state index >= 15 is 0 Å². The first-order valence-corrected chi connectivity index (χ1v) is 4.36. The Hall–Kier alpha value is -2.58. The van der Waals surface area contributed by atoms with Crippen molar-refractivity contribution in [3.8, 4) is 5.75 Å². The summed E-state index contributed by atoms with van der Waals surface area (Å²) >= 11 is 0. The van der Waals surface area contributed by atoms with Gasteiger partial charge in [-0.1, -0.05) is 0 Å². The summed E-state index contributed by atoms with van der Waals surface area (Å²) in [4.78, 5) is 30.3. The lowest BCUT2D eigenvalue weighted by atomic mass is 10.2. The van der Waals surface area contributed by atoms with Crippen LogP contribution in [0.2, 0.25) is 0 Å². The van der Waals surface area contributed by atoms with Gasteiger partial charge < -0.3 is 9.84 Å². The second-order valence-corrected chi connectivity index (χ2v) is 2.98. The van der Waals surface area contributed by atoms with Crippen molar-refractivity contribution in [3.63, 3.8) is 0 Å². The van der Waals surface area contributed by atoms with Crippen LogP contribution in [-0.4, -0.2) is 28.4 Å². The third-order valence-corrected chi connectivity index (χ3v) is 1.81. The number of nitrogens with zero attached hydrogens (tertiary/aromatic N) is 1. The van der Waals surface area contributed by atoms with E-state index < -0.39 is 46.4 Å². The zero-order chi connectivity index (χ0) is 13.9. The van der Waals surface area contributed by atoms with E-state index in [0.29, 0.717) is 12.1 Å². The van der Waals surface area contributed by atoms with Crippen LogP contribution in [0.25, 0.3) is 0 Å². The lowest BCUT2D eigenvalue weighted by Gasteiger charge is -2.06. The summed E-state index contributed by atoms with van der Waals surface area (Å²) in [5.41, 5.74) is -0.910. The smallest absolute Gasteiger partial charge is 0.375 e. The highest BCUT2D eigenvalue weighted by Gasteiger charge is 2.25. The van der Waals surface area contributed by atoms with Crippen LogP contribution < -0.4 is 4.74 Å². The minimum Gasteiger partial charge on any atom is -0.476 e. The summed E-state index contributed by atoms with van der Waals surface area (Å²) in [5.74, 6) is -7.50. The van der Waals surface area contributed by atoms with Gasteiger partial charge in [-0.3, -0.25) is 14.9 Å². The maximum absolute atomic E-state index is 13.2. The molecule has 0 amide bonds. The molecule has 0 saturated carbocycles. The number of ether oxygens (including phenoxy) is 1. The van der Waals surface area contributed by atoms with Gasteiger partial charge in [-0.05, 0) is 6.07 Å². The summed E-state index contributed by atoms with van der Waals surface area (Å²) in [6.07, 6.45) is 0. The molecule has 0 radical (unpaired) electrons. The molecule has 0 aliphatic carbocycles. The molecule has 1 aromatic rings. The quantitative estimate of drug-likeness (QED) is 0.479. The van der Waals surface area contributed by atoms with E-state index in [-0.39, 0.29) is 0 Å². The number of nitro groups is 1. The third-order valence-electron chi connectivity index (χ3n) is 1.81. The molecule has 0 spiro atoms. The molecule has 1 rings (SSSR count). The molecule has 0 unspecified atom stereocenters. The molecule has 1 aromatic carbocycles. The first-order chi connectivity index (χ1) is 8.34. The maximum atomic E-state index is 13.2. The van der Waals surface area contributed by atoms with E-state index in [1.165, 1.54) is 0 Å². The largest absolute Gasteiger partial charge is 0.476 e. The molecular weight excluding hydrogens is 256 g/mol. The Morgan fingerprint density at radius 1 is 1.39 bits per heavy atom. The summed E-state index contributed by atoms with van der Waals surface area (Å²) in [5, 5.41) is 18.7. The third kappa shape index (κ3) is 2.75. The molecule has 18 heavy (non-hydrogen) atoms. The Bertz CT molecular complexity index is 530. The molecule has 0 fully saturated rings. The fourth-order valence-electron chi connectivity index (χ4n) is 1.00. The van der Waals surface area contributed by atoms with Crippen LogP contribution >= 0.6 is 0 Å². The highest BCUT2D eigenvalue weighted by Crippen LogP contribution is 2.31. The topological polar surface area (TPSA) is 107 Å². The highest BCUT2D eigenvalue weighted by atomic mass is 19.2. The molecular formula is C9H5F2NO6. The van der Waals surface area contributed by atoms with E-state index in [1.807, 2.05) is 0 Å². The van der Waals surface area contributed by atoms with Gasteiger partial charge in [0.1, 0.15) is 0 Å². The predicted octanol–water partition coefficient (Wildman–Crippen LogP) is 0.906. The minimum atomic E-state index is -1.85. The van der Waals surface area contributed by atoms with Gasteiger partial charge in [-0.15, -0.1) is 0 Å². The molecule has 96 valence electrons. The van der Waals surface area contributed by atoms with Crippen LogP contribution in [0.15, 0.2) is 12.1 Å².